The Morgan fingerprint density at radius 2 is 2.04 bits per heavy atom. The first-order valence-corrected chi connectivity index (χ1v) is 8.15. The van der Waals surface area contributed by atoms with Gasteiger partial charge in [0.25, 0.3) is 5.56 Å². The Morgan fingerprint density at radius 3 is 2.76 bits per heavy atom. The van der Waals surface area contributed by atoms with E-state index in [4.69, 9.17) is 10.2 Å². The van der Waals surface area contributed by atoms with Crippen molar-refractivity contribution in [1.29, 1.82) is 0 Å². The minimum absolute atomic E-state index is 0.0950. The van der Waals surface area contributed by atoms with Gasteiger partial charge in [-0.15, -0.1) is 10.2 Å². The second-order valence-corrected chi connectivity index (χ2v) is 6.41. The predicted molar refractivity (Wildman–Crippen MR) is 94.2 cm³/mol. The number of hydrogen-bond acceptors (Lipinski definition) is 6. The van der Waals surface area contributed by atoms with E-state index in [2.05, 4.69) is 15.2 Å². The monoisotopic (exact) mass is 333 g/mol. The van der Waals surface area contributed by atoms with E-state index in [9.17, 15) is 4.79 Å². The number of nitrogens with two attached hydrogens (primary N) is 1. The Kier molecular flexibility index (Phi) is 2.77. The molecule has 0 bridgehead atoms. The molecule has 1 aliphatic carbocycles. The molecule has 0 spiro atoms. The normalized spacial score (nSPS) is 14.4. The number of fused-ring (bicyclic) bond motifs is 3. The molecular formula is C18H15N5O2. The summed E-state index contributed by atoms with van der Waals surface area (Å²) in [6.07, 6.45) is 3.34. The SMILES string of the molecule is Cc1c(-c2ccc(N)nn2)ccc2c3ocnc3c(=O)n(C3CC3)c12. The van der Waals surface area contributed by atoms with E-state index >= 15 is 0 Å². The van der Waals surface area contributed by atoms with Gasteiger partial charge in [0.2, 0.25) is 0 Å². The summed E-state index contributed by atoms with van der Waals surface area (Å²) in [5, 5.41) is 9.01. The van der Waals surface area contributed by atoms with Gasteiger partial charge < -0.3 is 14.7 Å². The van der Waals surface area contributed by atoms with Gasteiger partial charge in [-0.05, 0) is 43.5 Å². The minimum atomic E-state index is -0.0950. The maximum atomic E-state index is 12.9. The molecule has 1 fully saturated rings. The zero-order chi connectivity index (χ0) is 17.1. The Labute approximate surface area is 142 Å². The molecule has 3 heterocycles. The van der Waals surface area contributed by atoms with E-state index in [-0.39, 0.29) is 11.6 Å². The van der Waals surface area contributed by atoms with Gasteiger partial charge in [-0.1, -0.05) is 6.07 Å². The number of nitrogen functional groups attached to an aromatic ring is 1. The van der Waals surface area contributed by atoms with Crippen molar-refractivity contribution in [2.45, 2.75) is 25.8 Å². The number of nitrogens with zero attached hydrogens (tertiary/aromatic N) is 4. The van der Waals surface area contributed by atoms with Crippen LogP contribution in [-0.2, 0) is 0 Å². The predicted octanol–water partition coefficient (Wildman–Crippen LogP) is 2.83. The van der Waals surface area contributed by atoms with E-state index in [1.165, 1.54) is 6.39 Å². The highest BCUT2D eigenvalue weighted by molar-refractivity contribution is 6.03. The third-order valence-corrected chi connectivity index (χ3v) is 4.78. The molecule has 7 nitrogen and oxygen atoms in total. The van der Waals surface area contributed by atoms with Crippen LogP contribution in [0.2, 0.25) is 0 Å². The van der Waals surface area contributed by atoms with Crippen LogP contribution in [0.4, 0.5) is 5.82 Å². The number of rotatable bonds is 2. The Bertz CT molecular complexity index is 1190. The molecule has 5 rings (SSSR count). The van der Waals surface area contributed by atoms with Gasteiger partial charge in [0, 0.05) is 17.0 Å². The van der Waals surface area contributed by atoms with Gasteiger partial charge in [-0.3, -0.25) is 4.79 Å². The van der Waals surface area contributed by atoms with Crippen LogP contribution in [0, 0.1) is 6.92 Å². The lowest BCUT2D eigenvalue weighted by Gasteiger charge is -2.14. The van der Waals surface area contributed by atoms with Crippen molar-refractivity contribution in [3.63, 3.8) is 0 Å². The lowest BCUT2D eigenvalue weighted by molar-refractivity contribution is 0.604. The van der Waals surface area contributed by atoms with Gasteiger partial charge in [-0.25, -0.2) is 4.98 Å². The standard InChI is InChI=1S/C18H15N5O2/c1-9-11(13-6-7-14(19)22-21-13)4-5-12-16(9)23(10-2-3-10)18(24)15-17(12)25-8-20-15/h4-8,10H,2-3H2,1H3,(H2,19,22). The molecule has 124 valence electrons. The molecule has 7 heteroatoms. The van der Waals surface area contributed by atoms with Gasteiger partial charge in [0.05, 0.1) is 11.2 Å². The highest BCUT2D eigenvalue weighted by atomic mass is 16.3. The average Bonchev–Trinajstić information content (AvgIpc) is 3.32. The quantitative estimate of drug-likeness (QED) is 0.605. The van der Waals surface area contributed by atoms with E-state index in [1.54, 1.807) is 6.07 Å². The van der Waals surface area contributed by atoms with Crippen molar-refractivity contribution < 1.29 is 4.42 Å². The van der Waals surface area contributed by atoms with E-state index in [0.717, 1.165) is 40.6 Å². The summed E-state index contributed by atoms with van der Waals surface area (Å²) in [4.78, 5) is 17.0. The third-order valence-electron chi connectivity index (χ3n) is 4.78. The molecule has 1 aliphatic rings. The molecule has 4 aromatic rings. The molecule has 1 saturated carbocycles. The first-order valence-electron chi connectivity index (χ1n) is 8.15. The molecule has 25 heavy (non-hydrogen) atoms. The van der Waals surface area contributed by atoms with Crippen molar-refractivity contribution >= 4 is 27.8 Å². The van der Waals surface area contributed by atoms with Crippen molar-refractivity contribution in [1.82, 2.24) is 19.7 Å². The Hall–Kier alpha value is -3.22. The number of pyridine rings is 1. The third kappa shape index (κ3) is 1.98. The van der Waals surface area contributed by atoms with Crippen molar-refractivity contribution in [2.75, 3.05) is 5.73 Å². The van der Waals surface area contributed by atoms with Crippen LogP contribution in [0.1, 0.15) is 24.4 Å². The number of anilines is 1. The number of oxazole rings is 1. The Balaban J connectivity index is 1.91. The molecule has 0 unspecified atom stereocenters. The van der Waals surface area contributed by atoms with Crippen LogP contribution in [0.25, 0.3) is 33.3 Å². The molecule has 0 aliphatic heterocycles. The second kappa shape index (κ2) is 4.89. The van der Waals surface area contributed by atoms with Gasteiger partial charge in [-0.2, -0.15) is 0 Å². The van der Waals surface area contributed by atoms with E-state index in [0.29, 0.717) is 16.9 Å². The van der Waals surface area contributed by atoms with Crippen molar-refractivity contribution in [3.8, 4) is 11.3 Å². The highest BCUT2D eigenvalue weighted by Gasteiger charge is 2.29. The van der Waals surface area contributed by atoms with Crippen molar-refractivity contribution in [3.05, 3.63) is 46.6 Å². The van der Waals surface area contributed by atoms with E-state index in [1.807, 2.05) is 29.7 Å². The molecule has 3 aromatic heterocycles. The van der Waals surface area contributed by atoms with Crippen LogP contribution < -0.4 is 11.3 Å². The zero-order valence-electron chi connectivity index (χ0n) is 13.6. The maximum Gasteiger partial charge on any atom is 0.281 e. The fourth-order valence-electron chi connectivity index (χ4n) is 3.44. The summed E-state index contributed by atoms with van der Waals surface area (Å²) in [5.41, 5.74) is 9.97. The fourth-order valence-corrected chi connectivity index (χ4v) is 3.44. The number of benzene rings is 1. The molecule has 0 atom stereocenters. The topological polar surface area (TPSA) is 99.8 Å². The van der Waals surface area contributed by atoms with Gasteiger partial charge in [0.1, 0.15) is 5.82 Å². The number of aryl methyl sites for hydroxylation is 1. The van der Waals surface area contributed by atoms with Gasteiger partial charge >= 0.3 is 0 Å². The molecule has 0 amide bonds. The van der Waals surface area contributed by atoms with Crippen molar-refractivity contribution in [2.24, 2.45) is 0 Å². The van der Waals surface area contributed by atoms with Crippen LogP contribution >= 0.6 is 0 Å². The zero-order valence-corrected chi connectivity index (χ0v) is 13.6. The lowest BCUT2D eigenvalue weighted by Crippen LogP contribution is -2.20. The fraction of sp³-hybridized carbons (Fsp3) is 0.222. The minimum Gasteiger partial charge on any atom is -0.443 e. The lowest BCUT2D eigenvalue weighted by atomic mass is 10.0. The number of aromatic nitrogens is 4. The molecular weight excluding hydrogens is 318 g/mol. The molecule has 0 saturated heterocycles. The summed E-state index contributed by atoms with van der Waals surface area (Å²) in [7, 11) is 0. The summed E-state index contributed by atoms with van der Waals surface area (Å²) >= 11 is 0. The number of hydrogen-bond donors (Lipinski definition) is 1. The van der Waals surface area contributed by atoms with Crippen LogP contribution in [0.15, 0.2) is 39.9 Å². The summed E-state index contributed by atoms with van der Waals surface area (Å²) in [6, 6.07) is 7.72. The van der Waals surface area contributed by atoms with Crippen LogP contribution in [0.5, 0.6) is 0 Å². The maximum absolute atomic E-state index is 12.9. The van der Waals surface area contributed by atoms with Crippen LogP contribution in [0.3, 0.4) is 0 Å². The van der Waals surface area contributed by atoms with Crippen LogP contribution in [-0.4, -0.2) is 19.7 Å². The summed E-state index contributed by atoms with van der Waals surface area (Å²) in [6.45, 7) is 2.00. The smallest absolute Gasteiger partial charge is 0.281 e. The molecule has 2 N–H and O–H groups in total. The molecule has 1 aromatic carbocycles. The Morgan fingerprint density at radius 1 is 1.20 bits per heavy atom. The molecule has 0 radical (unpaired) electrons. The highest BCUT2D eigenvalue weighted by Crippen LogP contribution is 2.39. The first-order chi connectivity index (χ1) is 12.1. The summed E-state index contributed by atoms with van der Waals surface area (Å²) < 4.78 is 7.38. The van der Waals surface area contributed by atoms with E-state index < -0.39 is 0 Å². The second-order valence-electron chi connectivity index (χ2n) is 6.41. The largest absolute Gasteiger partial charge is 0.443 e. The first kappa shape index (κ1) is 14.2. The average molecular weight is 333 g/mol. The van der Waals surface area contributed by atoms with Gasteiger partial charge in [0.15, 0.2) is 17.5 Å². The summed E-state index contributed by atoms with van der Waals surface area (Å²) in [5.74, 6) is 0.375.